The van der Waals surface area contributed by atoms with Crippen molar-refractivity contribution >= 4 is 27.5 Å². The van der Waals surface area contributed by atoms with Gasteiger partial charge in [-0.3, -0.25) is 14.5 Å². The van der Waals surface area contributed by atoms with Gasteiger partial charge in [-0.25, -0.2) is 8.42 Å². The molecule has 0 spiro atoms. The van der Waals surface area contributed by atoms with Crippen molar-refractivity contribution in [3.8, 4) is 0 Å². The second kappa shape index (κ2) is 8.31. The molecule has 10 nitrogen and oxygen atoms in total. The van der Waals surface area contributed by atoms with Crippen LogP contribution in [-0.2, 0) is 14.8 Å². The first-order valence-corrected chi connectivity index (χ1v) is 10.5. The van der Waals surface area contributed by atoms with Gasteiger partial charge in [0.1, 0.15) is 10.6 Å². The first-order valence-electron chi connectivity index (χ1n) is 9.04. The number of anilines is 1. The van der Waals surface area contributed by atoms with Crippen LogP contribution in [0.5, 0.6) is 0 Å². The van der Waals surface area contributed by atoms with E-state index in [0.29, 0.717) is 24.5 Å². The Balaban J connectivity index is 1.59. The van der Waals surface area contributed by atoms with Crippen LogP contribution in [0.3, 0.4) is 0 Å². The molecule has 156 valence electrons. The van der Waals surface area contributed by atoms with Crippen LogP contribution >= 0.6 is 0 Å². The molecule has 1 aliphatic heterocycles. The van der Waals surface area contributed by atoms with Gasteiger partial charge in [0, 0.05) is 26.2 Å². The van der Waals surface area contributed by atoms with Crippen LogP contribution in [0.2, 0.25) is 0 Å². The van der Waals surface area contributed by atoms with Crippen molar-refractivity contribution < 1.29 is 22.5 Å². The molecule has 11 heteroatoms. The molecule has 2 amide bonds. The Morgan fingerprint density at radius 3 is 2.41 bits per heavy atom. The molecule has 0 aliphatic carbocycles. The minimum atomic E-state index is -3.70. The molecule has 3 N–H and O–H groups in total. The van der Waals surface area contributed by atoms with E-state index in [1.807, 2.05) is 4.90 Å². The zero-order chi connectivity index (χ0) is 21.2. The van der Waals surface area contributed by atoms with Crippen LogP contribution in [0.25, 0.3) is 0 Å². The van der Waals surface area contributed by atoms with E-state index in [-0.39, 0.29) is 41.8 Å². The fraction of sp³-hybridized carbons (Fsp3) is 0.389. The summed E-state index contributed by atoms with van der Waals surface area (Å²) in [5.74, 6) is -0.669. The molecule has 2 aromatic rings. The summed E-state index contributed by atoms with van der Waals surface area (Å²) in [4.78, 5) is 25.8. The van der Waals surface area contributed by atoms with Crippen molar-refractivity contribution in [1.29, 1.82) is 0 Å². The summed E-state index contributed by atoms with van der Waals surface area (Å²) in [6, 6.07) is 6.50. The number of amides is 2. The van der Waals surface area contributed by atoms with Crippen LogP contribution in [0.1, 0.15) is 21.8 Å². The van der Waals surface area contributed by atoms with Crippen LogP contribution in [0.4, 0.5) is 5.69 Å². The largest absolute Gasteiger partial charge is 0.366 e. The molecule has 0 saturated carbocycles. The van der Waals surface area contributed by atoms with E-state index in [1.54, 1.807) is 32.0 Å². The van der Waals surface area contributed by atoms with Crippen LogP contribution < -0.4 is 11.1 Å². The summed E-state index contributed by atoms with van der Waals surface area (Å²) < 4.78 is 32.0. The summed E-state index contributed by atoms with van der Waals surface area (Å²) in [5.41, 5.74) is 6.23. The third-order valence-electron chi connectivity index (χ3n) is 4.73. The molecule has 29 heavy (non-hydrogen) atoms. The second-order valence-electron chi connectivity index (χ2n) is 6.79. The lowest BCUT2D eigenvalue weighted by molar-refractivity contribution is -0.117. The number of benzene rings is 1. The number of primary amides is 1. The molecule has 1 saturated heterocycles. The average molecular weight is 421 g/mol. The predicted molar refractivity (Wildman–Crippen MR) is 105 cm³/mol. The summed E-state index contributed by atoms with van der Waals surface area (Å²) in [6.07, 6.45) is 0. The fourth-order valence-electron chi connectivity index (χ4n) is 3.30. The number of carbonyl (C=O) groups is 2. The highest BCUT2D eigenvalue weighted by Crippen LogP contribution is 2.24. The third kappa shape index (κ3) is 4.47. The van der Waals surface area contributed by atoms with Crippen molar-refractivity contribution in [2.24, 2.45) is 5.73 Å². The van der Waals surface area contributed by atoms with Gasteiger partial charge in [0.15, 0.2) is 5.76 Å². The minimum absolute atomic E-state index is 0.0757. The van der Waals surface area contributed by atoms with E-state index in [1.165, 1.54) is 10.4 Å². The number of rotatable bonds is 6. The van der Waals surface area contributed by atoms with Gasteiger partial charge in [0.05, 0.1) is 17.8 Å². The molecule has 0 radical (unpaired) electrons. The van der Waals surface area contributed by atoms with Crippen molar-refractivity contribution in [2.75, 3.05) is 38.0 Å². The molecule has 2 heterocycles. The number of aryl methyl sites for hydroxylation is 2. The van der Waals surface area contributed by atoms with Gasteiger partial charge >= 0.3 is 0 Å². The molecule has 0 unspecified atom stereocenters. The highest BCUT2D eigenvalue weighted by Gasteiger charge is 2.33. The lowest BCUT2D eigenvalue weighted by Crippen LogP contribution is -2.50. The summed E-state index contributed by atoms with van der Waals surface area (Å²) in [7, 11) is -3.70. The van der Waals surface area contributed by atoms with E-state index in [0.717, 1.165) is 0 Å². The zero-order valence-electron chi connectivity index (χ0n) is 16.2. The highest BCUT2D eigenvalue weighted by atomic mass is 32.2. The molecule has 0 bridgehead atoms. The SMILES string of the molecule is Cc1noc(C)c1S(=O)(=O)N1CCN(CC(=O)Nc2ccccc2C(N)=O)CC1. The molecule has 1 aromatic heterocycles. The first kappa shape index (κ1) is 21.0. The molecule has 0 atom stereocenters. The smallest absolute Gasteiger partial charge is 0.250 e. The lowest BCUT2D eigenvalue weighted by Gasteiger charge is -2.33. The number of sulfonamides is 1. The molecular weight excluding hydrogens is 398 g/mol. The van der Waals surface area contributed by atoms with Gasteiger partial charge in [0.2, 0.25) is 15.9 Å². The van der Waals surface area contributed by atoms with Crippen LogP contribution in [-0.4, -0.2) is 67.3 Å². The monoisotopic (exact) mass is 421 g/mol. The number of carbonyl (C=O) groups excluding carboxylic acids is 2. The zero-order valence-corrected chi connectivity index (χ0v) is 17.0. The van der Waals surface area contributed by atoms with Gasteiger partial charge in [-0.2, -0.15) is 4.31 Å². The van der Waals surface area contributed by atoms with E-state index < -0.39 is 15.9 Å². The Labute approximate surface area is 168 Å². The maximum absolute atomic E-state index is 12.8. The Morgan fingerprint density at radius 2 is 1.83 bits per heavy atom. The van der Waals surface area contributed by atoms with Gasteiger partial charge in [-0.15, -0.1) is 0 Å². The van der Waals surface area contributed by atoms with Gasteiger partial charge in [-0.05, 0) is 26.0 Å². The van der Waals surface area contributed by atoms with Gasteiger partial charge in [0.25, 0.3) is 5.91 Å². The summed E-state index contributed by atoms with van der Waals surface area (Å²) in [5, 5.41) is 6.40. The summed E-state index contributed by atoms with van der Waals surface area (Å²) in [6.45, 7) is 4.52. The number of piperazine rings is 1. The normalized spacial score (nSPS) is 15.9. The van der Waals surface area contributed by atoms with Crippen molar-refractivity contribution in [3.63, 3.8) is 0 Å². The van der Waals surface area contributed by atoms with Crippen molar-refractivity contribution in [3.05, 3.63) is 41.3 Å². The van der Waals surface area contributed by atoms with Crippen molar-refractivity contribution in [1.82, 2.24) is 14.4 Å². The number of nitrogens with one attached hydrogen (secondary N) is 1. The quantitative estimate of drug-likeness (QED) is 0.685. The number of hydrogen-bond acceptors (Lipinski definition) is 7. The standard InChI is InChI=1S/C18H23N5O5S/c1-12-17(13(2)28-21-12)29(26,27)23-9-7-22(8-10-23)11-16(24)20-15-6-4-3-5-14(15)18(19)25/h3-6H,7-11H2,1-2H3,(H2,19,25)(H,20,24). The maximum Gasteiger partial charge on any atom is 0.250 e. The van der Waals surface area contributed by atoms with Crippen LogP contribution in [0.15, 0.2) is 33.7 Å². The van der Waals surface area contributed by atoms with E-state index in [2.05, 4.69) is 10.5 Å². The molecule has 1 fully saturated rings. The summed E-state index contributed by atoms with van der Waals surface area (Å²) >= 11 is 0. The Hall–Kier alpha value is -2.76. The Kier molecular flexibility index (Phi) is 6.01. The molecule has 1 aromatic carbocycles. The predicted octanol–water partition coefficient (Wildman–Crippen LogP) is 0.335. The minimum Gasteiger partial charge on any atom is -0.366 e. The number of para-hydroxylation sites is 1. The molecule has 1 aliphatic rings. The molecule has 3 rings (SSSR count). The Morgan fingerprint density at radius 1 is 1.17 bits per heavy atom. The molecular formula is C18H23N5O5S. The Bertz CT molecular complexity index is 1010. The van der Waals surface area contributed by atoms with Crippen molar-refractivity contribution in [2.45, 2.75) is 18.7 Å². The van der Waals surface area contributed by atoms with Gasteiger partial charge in [-0.1, -0.05) is 17.3 Å². The van der Waals surface area contributed by atoms with Crippen LogP contribution in [0, 0.1) is 13.8 Å². The second-order valence-corrected chi connectivity index (χ2v) is 8.67. The lowest BCUT2D eigenvalue weighted by atomic mass is 10.1. The third-order valence-corrected chi connectivity index (χ3v) is 6.87. The number of aromatic nitrogens is 1. The van der Waals surface area contributed by atoms with Gasteiger partial charge < -0.3 is 15.6 Å². The maximum atomic E-state index is 12.8. The van der Waals surface area contributed by atoms with E-state index in [4.69, 9.17) is 10.3 Å². The average Bonchev–Trinajstić information content (AvgIpc) is 3.01. The topological polar surface area (TPSA) is 139 Å². The fourth-order valence-corrected chi connectivity index (χ4v) is 5.01. The van der Waals surface area contributed by atoms with E-state index >= 15 is 0 Å². The number of nitrogens with zero attached hydrogens (tertiary/aromatic N) is 3. The highest BCUT2D eigenvalue weighted by molar-refractivity contribution is 7.89. The van der Waals surface area contributed by atoms with E-state index in [9.17, 15) is 18.0 Å². The number of nitrogens with two attached hydrogens (primary N) is 1. The first-order chi connectivity index (χ1) is 13.7. The number of hydrogen-bond donors (Lipinski definition) is 2.